The average Bonchev–Trinajstić information content (AvgIpc) is 3.42. The van der Waals surface area contributed by atoms with E-state index in [2.05, 4.69) is 10.1 Å². The molecule has 2 amide bonds. The van der Waals surface area contributed by atoms with Gasteiger partial charge >= 0.3 is 0 Å². The van der Waals surface area contributed by atoms with Crippen LogP contribution in [0.4, 0.5) is 0 Å². The standard InChI is InChI=1S/C22H23N5O3/c28-20(16-13-23-18-6-2-1-5-15(16)18)22(30)26-11-9-25(10-12-26)21(29)17-14-24-27-8-4-3-7-19(17)27/h1-2,5-6,13-14,23H,3-4,7-12H2. The number of fused-ring (bicyclic) bond motifs is 2. The highest BCUT2D eigenvalue weighted by Crippen LogP contribution is 2.21. The molecular formula is C22H23N5O3. The van der Waals surface area contributed by atoms with Crippen LogP contribution in [-0.2, 0) is 17.8 Å². The van der Waals surface area contributed by atoms with Crippen molar-refractivity contribution < 1.29 is 14.4 Å². The second-order valence-electron chi connectivity index (χ2n) is 7.85. The number of carbonyl (C=O) groups is 3. The molecule has 1 aromatic carbocycles. The summed E-state index contributed by atoms with van der Waals surface area (Å²) in [5, 5.41) is 5.10. The predicted molar refractivity (Wildman–Crippen MR) is 110 cm³/mol. The fourth-order valence-electron chi connectivity index (χ4n) is 4.40. The molecule has 0 spiro atoms. The van der Waals surface area contributed by atoms with E-state index in [9.17, 15) is 14.4 Å². The van der Waals surface area contributed by atoms with Gasteiger partial charge in [-0.25, -0.2) is 0 Å². The number of amides is 2. The van der Waals surface area contributed by atoms with Crippen molar-refractivity contribution in [1.82, 2.24) is 24.6 Å². The number of aromatic nitrogens is 3. The first-order valence-corrected chi connectivity index (χ1v) is 10.4. The largest absolute Gasteiger partial charge is 0.360 e. The van der Waals surface area contributed by atoms with E-state index in [1.165, 1.54) is 0 Å². The number of aromatic amines is 1. The van der Waals surface area contributed by atoms with Crippen molar-refractivity contribution >= 4 is 28.5 Å². The summed E-state index contributed by atoms with van der Waals surface area (Å²) in [6, 6.07) is 7.42. The molecule has 0 saturated carbocycles. The molecule has 4 heterocycles. The van der Waals surface area contributed by atoms with Crippen LogP contribution in [0.25, 0.3) is 10.9 Å². The molecule has 2 aliphatic rings. The molecule has 2 aromatic heterocycles. The van der Waals surface area contributed by atoms with E-state index in [4.69, 9.17) is 0 Å². The fourth-order valence-corrected chi connectivity index (χ4v) is 4.40. The monoisotopic (exact) mass is 405 g/mol. The van der Waals surface area contributed by atoms with Gasteiger partial charge in [-0.1, -0.05) is 18.2 Å². The van der Waals surface area contributed by atoms with E-state index >= 15 is 0 Å². The number of hydrogen-bond acceptors (Lipinski definition) is 4. The summed E-state index contributed by atoms with van der Waals surface area (Å²) in [5.41, 5.74) is 2.90. The van der Waals surface area contributed by atoms with Gasteiger partial charge in [0.15, 0.2) is 0 Å². The van der Waals surface area contributed by atoms with E-state index in [1.807, 2.05) is 28.9 Å². The summed E-state index contributed by atoms with van der Waals surface area (Å²) in [7, 11) is 0. The van der Waals surface area contributed by atoms with Gasteiger partial charge in [0.1, 0.15) is 0 Å². The Hall–Kier alpha value is -3.42. The van der Waals surface area contributed by atoms with E-state index in [0.29, 0.717) is 37.3 Å². The summed E-state index contributed by atoms with van der Waals surface area (Å²) < 4.78 is 1.93. The SMILES string of the molecule is O=C(C(=O)N1CCN(C(=O)c2cnn3c2CCCC3)CC1)c1c[nH]c2ccccc12. The highest BCUT2D eigenvalue weighted by molar-refractivity contribution is 6.44. The van der Waals surface area contributed by atoms with Crippen LogP contribution in [-0.4, -0.2) is 68.3 Å². The van der Waals surface area contributed by atoms with Crippen LogP contribution >= 0.6 is 0 Å². The van der Waals surface area contributed by atoms with E-state index in [0.717, 1.165) is 42.4 Å². The number of H-pyrrole nitrogens is 1. The first kappa shape index (κ1) is 18.6. The Morgan fingerprint density at radius 2 is 1.67 bits per heavy atom. The lowest BCUT2D eigenvalue weighted by molar-refractivity contribution is -0.127. The quantitative estimate of drug-likeness (QED) is 0.532. The van der Waals surface area contributed by atoms with Gasteiger partial charge in [0.2, 0.25) is 0 Å². The molecule has 0 bridgehead atoms. The minimum atomic E-state index is -0.519. The Morgan fingerprint density at radius 3 is 2.50 bits per heavy atom. The van der Waals surface area contributed by atoms with E-state index < -0.39 is 11.7 Å². The number of nitrogens with one attached hydrogen (secondary N) is 1. The summed E-state index contributed by atoms with van der Waals surface area (Å²) in [6.07, 6.45) is 6.30. The van der Waals surface area contributed by atoms with Crippen LogP contribution in [0.15, 0.2) is 36.7 Å². The van der Waals surface area contributed by atoms with Crippen molar-refractivity contribution in [1.29, 1.82) is 0 Å². The fraction of sp³-hybridized carbons (Fsp3) is 0.364. The number of benzene rings is 1. The highest BCUT2D eigenvalue weighted by atomic mass is 16.2. The Morgan fingerprint density at radius 1 is 0.900 bits per heavy atom. The van der Waals surface area contributed by atoms with Crippen LogP contribution in [0.3, 0.4) is 0 Å². The molecule has 0 atom stereocenters. The molecule has 3 aromatic rings. The minimum absolute atomic E-state index is 0.0341. The molecule has 8 nitrogen and oxygen atoms in total. The van der Waals surface area contributed by atoms with Gasteiger partial charge in [-0.15, -0.1) is 0 Å². The molecule has 8 heteroatoms. The molecule has 0 aliphatic carbocycles. The maximum absolute atomic E-state index is 13.0. The molecule has 154 valence electrons. The number of carbonyl (C=O) groups excluding carboxylic acids is 3. The number of ketones is 1. The van der Waals surface area contributed by atoms with Crippen molar-refractivity contribution in [3.05, 3.63) is 53.5 Å². The third-order valence-electron chi connectivity index (χ3n) is 6.09. The minimum Gasteiger partial charge on any atom is -0.360 e. The topological polar surface area (TPSA) is 91.3 Å². The number of hydrogen-bond donors (Lipinski definition) is 1. The molecule has 0 unspecified atom stereocenters. The molecule has 1 N–H and O–H groups in total. The lowest BCUT2D eigenvalue weighted by Gasteiger charge is -2.34. The third kappa shape index (κ3) is 3.08. The van der Waals surface area contributed by atoms with Gasteiger partial charge in [-0.3, -0.25) is 19.1 Å². The Bertz CT molecular complexity index is 1140. The van der Waals surface area contributed by atoms with Crippen molar-refractivity contribution in [2.75, 3.05) is 26.2 Å². The zero-order chi connectivity index (χ0) is 20.7. The summed E-state index contributed by atoms with van der Waals surface area (Å²) >= 11 is 0. The third-order valence-corrected chi connectivity index (χ3v) is 6.09. The molecular weight excluding hydrogens is 382 g/mol. The van der Waals surface area contributed by atoms with Gasteiger partial charge in [0.25, 0.3) is 17.6 Å². The van der Waals surface area contributed by atoms with E-state index in [1.54, 1.807) is 22.2 Å². The van der Waals surface area contributed by atoms with Crippen LogP contribution < -0.4 is 0 Å². The molecule has 2 aliphatic heterocycles. The lowest BCUT2D eigenvalue weighted by atomic mass is 10.1. The number of rotatable bonds is 3. The van der Waals surface area contributed by atoms with Crippen LogP contribution in [0, 0.1) is 0 Å². The van der Waals surface area contributed by atoms with Crippen LogP contribution in [0.2, 0.25) is 0 Å². The van der Waals surface area contributed by atoms with Gasteiger partial charge in [-0.2, -0.15) is 5.10 Å². The number of aryl methyl sites for hydroxylation is 1. The maximum Gasteiger partial charge on any atom is 0.295 e. The summed E-state index contributed by atoms with van der Waals surface area (Å²) in [5.74, 6) is -1.07. The number of piperazine rings is 1. The molecule has 0 radical (unpaired) electrons. The van der Waals surface area contributed by atoms with Crippen molar-refractivity contribution in [3.63, 3.8) is 0 Å². The zero-order valence-electron chi connectivity index (χ0n) is 16.6. The maximum atomic E-state index is 13.0. The molecule has 30 heavy (non-hydrogen) atoms. The second kappa shape index (κ2) is 7.44. The molecule has 5 rings (SSSR count). The Balaban J connectivity index is 1.25. The first-order chi connectivity index (χ1) is 14.6. The average molecular weight is 405 g/mol. The second-order valence-corrected chi connectivity index (χ2v) is 7.85. The Kier molecular flexibility index (Phi) is 4.61. The molecule has 1 saturated heterocycles. The molecule has 1 fully saturated rings. The van der Waals surface area contributed by atoms with Crippen molar-refractivity contribution in [2.45, 2.75) is 25.8 Å². The zero-order valence-corrected chi connectivity index (χ0v) is 16.6. The van der Waals surface area contributed by atoms with Crippen LogP contribution in [0.5, 0.6) is 0 Å². The van der Waals surface area contributed by atoms with Crippen molar-refractivity contribution in [2.24, 2.45) is 0 Å². The normalized spacial score (nSPS) is 16.5. The van der Waals surface area contributed by atoms with Gasteiger partial charge in [-0.05, 0) is 25.3 Å². The predicted octanol–water partition coefficient (Wildman–Crippen LogP) is 1.87. The highest BCUT2D eigenvalue weighted by Gasteiger charge is 2.31. The Labute approximate surface area is 173 Å². The van der Waals surface area contributed by atoms with Crippen LogP contribution in [0.1, 0.15) is 39.3 Å². The number of Topliss-reactive ketones (excluding diaryl/α,β-unsaturated/α-hetero) is 1. The summed E-state index contributed by atoms with van der Waals surface area (Å²) in [6.45, 7) is 2.39. The van der Waals surface area contributed by atoms with E-state index in [-0.39, 0.29) is 5.91 Å². The van der Waals surface area contributed by atoms with Crippen molar-refractivity contribution in [3.8, 4) is 0 Å². The number of nitrogens with zero attached hydrogens (tertiary/aromatic N) is 4. The lowest BCUT2D eigenvalue weighted by Crippen LogP contribution is -2.52. The van der Waals surface area contributed by atoms with Gasteiger partial charge < -0.3 is 14.8 Å². The smallest absolute Gasteiger partial charge is 0.295 e. The first-order valence-electron chi connectivity index (χ1n) is 10.4. The van der Waals surface area contributed by atoms with Gasteiger partial charge in [0, 0.05) is 49.8 Å². The summed E-state index contributed by atoms with van der Waals surface area (Å²) in [4.78, 5) is 44.9. The van der Waals surface area contributed by atoms with Gasteiger partial charge in [0.05, 0.1) is 23.0 Å². The number of para-hydroxylation sites is 1.